The summed E-state index contributed by atoms with van der Waals surface area (Å²) in [7, 11) is 0. The van der Waals surface area contributed by atoms with E-state index in [0.29, 0.717) is 17.9 Å². The van der Waals surface area contributed by atoms with Gasteiger partial charge in [0.25, 0.3) is 0 Å². The summed E-state index contributed by atoms with van der Waals surface area (Å²) in [5.41, 5.74) is 7.00. The van der Waals surface area contributed by atoms with Crippen molar-refractivity contribution in [2.24, 2.45) is 0 Å². The van der Waals surface area contributed by atoms with Gasteiger partial charge in [0.05, 0.1) is 12.2 Å². The minimum atomic E-state index is -4.51. The van der Waals surface area contributed by atoms with E-state index < -0.39 is 18.5 Å². The minimum absolute atomic E-state index is 0.0272. The molecule has 23 heavy (non-hydrogen) atoms. The number of fused-ring (bicyclic) bond motifs is 1. The van der Waals surface area contributed by atoms with E-state index in [2.05, 4.69) is 22.2 Å². The molecular weight excluding hydrogens is 311 g/mol. The molecule has 0 fully saturated rings. The fourth-order valence-electron chi connectivity index (χ4n) is 2.48. The van der Waals surface area contributed by atoms with E-state index in [4.69, 9.17) is 5.73 Å². The maximum Gasteiger partial charge on any atom is 0.397 e. The van der Waals surface area contributed by atoms with Crippen molar-refractivity contribution < 1.29 is 18.0 Å². The lowest BCUT2D eigenvalue weighted by Crippen LogP contribution is -2.39. The van der Waals surface area contributed by atoms with Crippen molar-refractivity contribution in [2.45, 2.75) is 45.3 Å². The van der Waals surface area contributed by atoms with Gasteiger partial charge in [0.1, 0.15) is 12.2 Å². The second kappa shape index (κ2) is 7.01. The van der Waals surface area contributed by atoms with Gasteiger partial charge in [-0.1, -0.05) is 13.3 Å². The van der Waals surface area contributed by atoms with Gasteiger partial charge in [-0.15, -0.1) is 0 Å². The third kappa shape index (κ3) is 4.70. The molecule has 3 N–H and O–H groups in total. The van der Waals surface area contributed by atoms with Crippen LogP contribution in [0.25, 0.3) is 0 Å². The Balaban J connectivity index is 2.13. The van der Waals surface area contributed by atoms with Crippen LogP contribution in [0.2, 0.25) is 0 Å². The highest BCUT2D eigenvalue weighted by atomic mass is 19.4. The highest BCUT2D eigenvalue weighted by molar-refractivity contribution is 5.77. The molecule has 1 aromatic heterocycles. The Morgan fingerprint density at radius 2 is 2.13 bits per heavy atom. The smallest absolute Gasteiger partial charge is 0.370 e. The molecular formula is C14H20F3N5O. The summed E-state index contributed by atoms with van der Waals surface area (Å²) in [6.07, 6.45) is -3.56. The average Bonchev–Trinajstić information content (AvgIpc) is 2.44. The van der Waals surface area contributed by atoms with Crippen LogP contribution >= 0.6 is 0 Å². The third-order valence-electron chi connectivity index (χ3n) is 3.61. The first-order valence-corrected chi connectivity index (χ1v) is 7.54. The zero-order chi connectivity index (χ0) is 17.0. The predicted molar refractivity (Wildman–Crippen MR) is 79.6 cm³/mol. The number of alkyl halides is 3. The zero-order valence-electron chi connectivity index (χ0n) is 12.9. The predicted octanol–water partition coefficient (Wildman–Crippen LogP) is 2.11. The van der Waals surface area contributed by atoms with Crippen LogP contribution in [0.5, 0.6) is 0 Å². The summed E-state index contributed by atoms with van der Waals surface area (Å²) in [5, 5.41) is 3.18. The van der Waals surface area contributed by atoms with Crippen LogP contribution in [0.4, 0.5) is 24.9 Å². The lowest BCUT2D eigenvalue weighted by atomic mass is 10.0. The lowest BCUT2D eigenvalue weighted by Gasteiger charge is -2.29. The number of nitrogen functional groups attached to an aromatic ring is 1. The Kier molecular flexibility index (Phi) is 5.27. The molecule has 0 bridgehead atoms. The van der Waals surface area contributed by atoms with Crippen LogP contribution in [0.15, 0.2) is 0 Å². The second-order valence-electron chi connectivity index (χ2n) is 5.49. The second-order valence-corrected chi connectivity index (χ2v) is 5.49. The molecule has 1 aliphatic rings. The van der Waals surface area contributed by atoms with Gasteiger partial charge in [-0.25, -0.2) is 4.98 Å². The van der Waals surface area contributed by atoms with E-state index in [1.165, 1.54) is 0 Å². The highest BCUT2D eigenvalue weighted by Crippen LogP contribution is 2.27. The first-order chi connectivity index (χ1) is 10.8. The number of nitrogens with one attached hydrogen (secondary N) is 1. The number of hydrogen-bond donors (Lipinski definition) is 2. The first-order valence-electron chi connectivity index (χ1n) is 7.54. The number of carbonyl (C=O) groups is 1. The molecule has 0 unspecified atom stereocenters. The summed E-state index contributed by atoms with van der Waals surface area (Å²) < 4.78 is 37.1. The topological polar surface area (TPSA) is 84.1 Å². The molecule has 1 aromatic rings. The zero-order valence-corrected chi connectivity index (χ0v) is 12.9. The van der Waals surface area contributed by atoms with E-state index in [-0.39, 0.29) is 19.0 Å². The monoisotopic (exact) mass is 331 g/mol. The summed E-state index contributed by atoms with van der Waals surface area (Å²) in [4.78, 5) is 21.1. The minimum Gasteiger partial charge on any atom is -0.370 e. The molecule has 1 aliphatic heterocycles. The van der Waals surface area contributed by atoms with Crippen LogP contribution in [-0.2, 0) is 17.8 Å². The van der Waals surface area contributed by atoms with E-state index in [1.807, 2.05) is 0 Å². The first kappa shape index (κ1) is 17.3. The van der Waals surface area contributed by atoms with Gasteiger partial charge in [0.2, 0.25) is 11.9 Å². The lowest BCUT2D eigenvalue weighted by molar-refractivity contribution is -0.162. The molecule has 9 heteroatoms. The van der Waals surface area contributed by atoms with Crippen LogP contribution in [-0.4, -0.2) is 40.0 Å². The van der Waals surface area contributed by atoms with Crippen LogP contribution in [0.3, 0.4) is 0 Å². The number of rotatable bonds is 5. The van der Waals surface area contributed by atoms with Crippen LogP contribution in [0, 0.1) is 0 Å². The largest absolute Gasteiger partial charge is 0.397 e. The summed E-state index contributed by atoms with van der Waals surface area (Å²) >= 11 is 0. The molecule has 0 atom stereocenters. The van der Waals surface area contributed by atoms with Gasteiger partial charge in [-0.3, -0.25) is 4.79 Å². The Labute approximate surface area is 132 Å². The number of halogens is 3. The van der Waals surface area contributed by atoms with Crippen molar-refractivity contribution in [1.82, 2.24) is 14.9 Å². The molecule has 0 saturated heterocycles. The molecule has 0 radical (unpaired) electrons. The number of carbonyl (C=O) groups excluding carboxylic acids is 1. The van der Waals surface area contributed by atoms with Crippen LogP contribution < -0.4 is 11.1 Å². The van der Waals surface area contributed by atoms with Crippen LogP contribution in [0.1, 0.15) is 37.4 Å². The molecule has 128 valence electrons. The van der Waals surface area contributed by atoms with Crippen molar-refractivity contribution in [3.63, 3.8) is 0 Å². The maximum absolute atomic E-state index is 12.4. The number of nitrogens with two attached hydrogens (primary N) is 1. The number of hydrogen-bond acceptors (Lipinski definition) is 5. The average molecular weight is 331 g/mol. The number of amides is 1. The molecule has 2 heterocycles. The maximum atomic E-state index is 12.4. The summed E-state index contributed by atoms with van der Waals surface area (Å²) in [5.74, 6) is -0.280. The van der Waals surface area contributed by atoms with Crippen molar-refractivity contribution in [1.29, 1.82) is 0 Å². The Hall–Kier alpha value is -2.06. The number of aromatic nitrogens is 2. The van der Waals surface area contributed by atoms with Crippen molar-refractivity contribution in [2.75, 3.05) is 24.1 Å². The Morgan fingerprint density at radius 1 is 1.39 bits per heavy atom. The van der Waals surface area contributed by atoms with E-state index in [0.717, 1.165) is 29.8 Å². The molecule has 0 aromatic carbocycles. The van der Waals surface area contributed by atoms with Gasteiger partial charge in [0, 0.05) is 18.7 Å². The Morgan fingerprint density at radius 3 is 2.78 bits per heavy atom. The molecule has 0 aliphatic carbocycles. The number of anilines is 2. The Bertz CT molecular complexity index is 576. The van der Waals surface area contributed by atoms with Gasteiger partial charge in [-0.05, 0) is 12.8 Å². The van der Waals surface area contributed by atoms with Gasteiger partial charge >= 0.3 is 6.18 Å². The van der Waals surface area contributed by atoms with Gasteiger partial charge < -0.3 is 16.0 Å². The summed E-state index contributed by atoms with van der Waals surface area (Å²) in [6.45, 7) is 3.04. The van der Waals surface area contributed by atoms with E-state index >= 15 is 0 Å². The molecule has 6 nitrogen and oxygen atoms in total. The van der Waals surface area contributed by atoms with Gasteiger partial charge in [0.15, 0.2) is 0 Å². The number of nitrogens with zero attached hydrogens (tertiary/aromatic N) is 3. The normalized spacial score (nSPS) is 14.5. The molecule has 0 saturated carbocycles. The van der Waals surface area contributed by atoms with E-state index in [9.17, 15) is 18.0 Å². The third-order valence-corrected chi connectivity index (χ3v) is 3.61. The van der Waals surface area contributed by atoms with Crippen molar-refractivity contribution in [3.05, 3.63) is 11.3 Å². The molecule has 0 spiro atoms. The summed E-state index contributed by atoms with van der Waals surface area (Å²) in [6, 6.07) is 0. The fraction of sp³-hybridized carbons (Fsp3) is 0.643. The molecule has 2 rings (SSSR count). The van der Waals surface area contributed by atoms with Crippen molar-refractivity contribution in [3.8, 4) is 0 Å². The highest BCUT2D eigenvalue weighted by Gasteiger charge is 2.35. The SMILES string of the molecule is CCCCNc1nc(N)nc2c1CCN(C(=O)CC(F)(F)F)C2. The van der Waals surface area contributed by atoms with Gasteiger partial charge in [-0.2, -0.15) is 18.2 Å². The molecule has 1 amide bonds. The van der Waals surface area contributed by atoms with Crippen molar-refractivity contribution >= 4 is 17.7 Å². The number of unbranched alkanes of at least 4 members (excludes halogenated alkanes) is 1. The fourth-order valence-corrected chi connectivity index (χ4v) is 2.48. The van der Waals surface area contributed by atoms with E-state index in [1.54, 1.807) is 0 Å². The standard InChI is InChI=1S/C14H20F3N5O/c1-2-3-5-19-12-9-4-6-22(11(23)7-14(15,16)17)8-10(9)20-13(18)21-12/h2-8H2,1H3,(H3,18,19,20,21). The quantitative estimate of drug-likeness (QED) is 0.807.